The van der Waals surface area contributed by atoms with E-state index in [9.17, 15) is 4.79 Å². The number of aromatic nitrogens is 1. The van der Waals surface area contributed by atoms with Crippen LogP contribution in [0.25, 0.3) is 0 Å². The van der Waals surface area contributed by atoms with Crippen LogP contribution in [-0.4, -0.2) is 17.1 Å². The molecule has 2 N–H and O–H groups in total. The third-order valence-electron chi connectivity index (χ3n) is 3.20. The van der Waals surface area contributed by atoms with Gasteiger partial charge in [0.1, 0.15) is 5.69 Å². The summed E-state index contributed by atoms with van der Waals surface area (Å²) in [5, 5.41) is 8.90. The third-order valence-corrected chi connectivity index (χ3v) is 3.20. The van der Waals surface area contributed by atoms with Crippen molar-refractivity contribution < 1.29 is 9.53 Å². The van der Waals surface area contributed by atoms with Gasteiger partial charge in [0.25, 0.3) is 0 Å². The number of unbranched alkanes of at least 4 members (excludes halogenated alkanes) is 1. The van der Waals surface area contributed by atoms with Gasteiger partial charge in [-0.15, -0.1) is 0 Å². The number of esters is 1. The summed E-state index contributed by atoms with van der Waals surface area (Å²) >= 11 is 0. The van der Waals surface area contributed by atoms with Gasteiger partial charge in [-0.3, -0.25) is 0 Å². The lowest BCUT2D eigenvalue weighted by Crippen LogP contribution is -2.12. The Bertz CT molecular complexity index is 498. The van der Waals surface area contributed by atoms with Crippen molar-refractivity contribution in [3.63, 3.8) is 0 Å². The Morgan fingerprint density at radius 1 is 1.50 bits per heavy atom. The molecule has 0 atom stereocenters. The smallest absolute Gasteiger partial charge is 0.355 e. The van der Waals surface area contributed by atoms with Crippen LogP contribution in [0.2, 0.25) is 0 Å². The van der Waals surface area contributed by atoms with Gasteiger partial charge in [-0.05, 0) is 46.1 Å². The maximum atomic E-state index is 11.9. The first-order chi connectivity index (χ1) is 9.39. The average molecular weight is 277 g/mol. The van der Waals surface area contributed by atoms with Crippen LogP contribution >= 0.6 is 0 Å². The normalized spacial score (nSPS) is 11.1. The number of anilines is 1. The van der Waals surface area contributed by atoms with Crippen molar-refractivity contribution in [1.82, 2.24) is 4.57 Å². The van der Waals surface area contributed by atoms with Gasteiger partial charge in [0.2, 0.25) is 0 Å². The molecule has 5 nitrogen and oxygen atoms in total. The predicted octanol–water partition coefficient (Wildman–Crippen LogP) is 2.97. The zero-order valence-electron chi connectivity index (χ0n) is 12.5. The number of nitrogens with two attached hydrogens (primary N) is 1. The minimum atomic E-state index is -0.344. The van der Waals surface area contributed by atoms with Crippen molar-refractivity contribution in [1.29, 1.82) is 5.26 Å². The van der Waals surface area contributed by atoms with E-state index in [0.717, 1.165) is 19.3 Å². The Kier molecular flexibility index (Phi) is 5.63. The monoisotopic (exact) mass is 277 g/mol. The molecular formula is C15H23N3O2. The van der Waals surface area contributed by atoms with E-state index in [4.69, 9.17) is 15.7 Å². The van der Waals surface area contributed by atoms with Gasteiger partial charge < -0.3 is 15.0 Å². The molecule has 0 saturated carbocycles. The van der Waals surface area contributed by atoms with Crippen LogP contribution in [0.15, 0.2) is 12.3 Å². The fourth-order valence-electron chi connectivity index (χ4n) is 1.93. The first-order valence-corrected chi connectivity index (χ1v) is 6.93. The summed E-state index contributed by atoms with van der Waals surface area (Å²) in [5.41, 5.74) is 6.42. The van der Waals surface area contributed by atoms with Gasteiger partial charge in [0, 0.05) is 12.7 Å². The van der Waals surface area contributed by atoms with Gasteiger partial charge in [0.05, 0.1) is 23.8 Å². The molecule has 0 bridgehead atoms. The number of rotatable bonds is 7. The first kappa shape index (κ1) is 16.1. The quantitative estimate of drug-likeness (QED) is 0.613. The van der Waals surface area contributed by atoms with Crippen LogP contribution in [0.1, 0.15) is 50.5 Å². The van der Waals surface area contributed by atoms with Crippen LogP contribution in [0.5, 0.6) is 0 Å². The number of aryl methyl sites for hydroxylation is 1. The molecule has 0 amide bonds. The number of nitriles is 1. The summed E-state index contributed by atoms with van der Waals surface area (Å²) in [6.45, 7) is 6.82. The van der Waals surface area contributed by atoms with Crippen molar-refractivity contribution in [3.05, 3.63) is 18.0 Å². The van der Waals surface area contributed by atoms with Gasteiger partial charge in [-0.25, -0.2) is 4.79 Å². The molecule has 1 aromatic heterocycles. The Hall–Kier alpha value is -1.96. The molecule has 1 heterocycles. The molecule has 20 heavy (non-hydrogen) atoms. The molecule has 110 valence electrons. The number of carbonyl (C=O) groups is 1. The van der Waals surface area contributed by atoms with Crippen molar-refractivity contribution in [3.8, 4) is 6.07 Å². The lowest BCUT2D eigenvalue weighted by Gasteiger charge is -2.14. The summed E-state index contributed by atoms with van der Waals surface area (Å²) < 4.78 is 7.01. The van der Waals surface area contributed by atoms with E-state index in [0.29, 0.717) is 24.5 Å². The number of hydrogen-bond acceptors (Lipinski definition) is 4. The minimum absolute atomic E-state index is 0.310. The van der Waals surface area contributed by atoms with E-state index in [1.807, 2.05) is 20.8 Å². The van der Waals surface area contributed by atoms with Crippen LogP contribution < -0.4 is 5.73 Å². The molecule has 5 heteroatoms. The number of nitrogens with zero attached hydrogens (tertiary/aromatic N) is 2. The SMILES string of the molecule is CCn1cc(N)cc1C(=O)OCCCCC(C)(C)C#N. The number of ether oxygens (including phenoxy) is 1. The lowest BCUT2D eigenvalue weighted by atomic mass is 9.89. The molecule has 0 unspecified atom stereocenters. The van der Waals surface area contributed by atoms with Crippen LogP contribution in [0.3, 0.4) is 0 Å². The molecule has 0 fully saturated rings. The highest BCUT2D eigenvalue weighted by molar-refractivity contribution is 5.89. The van der Waals surface area contributed by atoms with E-state index in [1.54, 1.807) is 16.8 Å². The topological polar surface area (TPSA) is 81.0 Å². The molecule has 0 aromatic carbocycles. The molecule has 0 spiro atoms. The molecule has 0 radical (unpaired) electrons. The second kappa shape index (κ2) is 6.99. The van der Waals surface area contributed by atoms with E-state index < -0.39 is 0 Å². The summed E-state index contributed by atoms with van der Waals surface area (Å²) in [4.78, 5) is 11.9. The number of hydrogen-bond donors (Lipinski definition) is 1. The van der Waals surface area contributed by atoms with Gasteiger partial charge in [0.15, 0.2) is 0 Å². The predicted molar refractivity (Wildman–Crippen MR) is 78.0 cm³/mol. The van der Waals surface area contributed by atoms with Crippen LogP contribution in [0.4, 0.5) is 5.69 Å². The Labute approximate surface area is 120 Å². The van der Waals surface area contributed by atoms with Gasteiger partial charge in [-0.1, -0.05) is 0 Å². The molecule has 0 aliphatic rings. The molecule has 1 aromatic rings. The van der Waals surface area contributed by atoms with E-state index in [2.05, 4.69) is 6.07 Å². The van der Waals surface area contributed by atoms with E-state index in [1.165, 1.54) is 0 Å². The second-order valence-electron chi connectivity index (χ2n) is 5.53. The minimum Gasteiger partial charge on any atom is -0.461 e. The van der Waals surface area contributed by atoms with Crippen molar-refractivity contribution in [2.24, 2.45) is 5.41 Å². The maximum absolute atomic E-state index is 11.9. The first-order valence-electron chi connectivity index (χ1n) is 6.93. The summed E-state index contributed by atoms with van der Waals surface area (Å²) in [5.74, 6) is -0.344. The van der Waals surface area contributed by atoms with Gasteiger partial charge >= 0.3 is 5.97 Å². The summed E-state index contributed by atoms with van der Waals surface area (Å²) in [6.07, 6.45) is 4.16. The van der Waals surface area contributed by atoms with E-state index in [-0.39, 0.29) is 11.4 Å². The zero-order valence-corrected chi connectivity index (χ0v) is 12.5. The molecule has 0 aliphatic heterocycles. The molecule has 0 aliphatic carbocycles. The number of nitrogen functional groups attached to an aromatic ring is 1. The van der Waals surface area contributed by atoms with Crippen molar-refractivity contribution >= 4 is 11.7 Å². The molecular weight excluding hydrogens is 254 g/mol. The maximum Gasteiger partial charge on any atom is 0.355 e. The van der Waals surface area contributed by atoms with Crippen molar-refractivity contribution in [2.75, 3.05) is 12.3 Å². The largest absolute Gasteiger partial charge is 0.461 e. The number of carbonyl (C=O) groups excluding carboxylic acids is 1. The summed E-state index contributed by atoms with van der Waals surface area (Å²) in [6, 6.07) is 3.89. The fraction of sp³-hybridized carbons (Fsp3) is 0.600. The van der Waals surface area contributed by atoms with E-state index >= 15 is 0 Å². The second-order valence-corrected chi connectivity index (χ2v) is 5.53. The van der Waals surface area contributed by atoms with Crippen LogP contribution in [0, 0.1) is 16.7 Å². The lowest BCUT2D eigenvalue weighted by molar-refractivity contribution is 0.0484. The Morgan fingerprint density at radius 2 is 2.20 bits per heavy atom. The fourth-order valence-corrected chi connectivity index (χ4v) is 1.93. The molecule has 1 rings (SSSR count). The zero-order chi connectivity index (χ0) is 15.2. The third kappa shape index (κ3) is 4.61. The Balaban J connectivity index is 2.36. The highest BCUT2D eigenvalue weighted by Gasteiger charge is 2.16. The standard InChI is InChI=1S/C15H23N3O2/c1-4-18-10-12(17)9-13(18)14(19)20-8-6-5-7-15(2,3)11-16/h9-10H,4-8,17H2,1-3H3. The highest BCUT2D eigenvalue weighted by atomic mass is 16.5. The molecule has 0 saturated heterocycles. The van der Waals surface area contributed by atoms with Crippen molar-refractivity contribution in [2.45, 2.75) is 46.6 Å². The highest BCUT2D eigenvalue weighted by Crippen LogP contribution is 2.21. The van der Waals surface area contributed by atoms with Crippen LogP contribution in [-0.2, 0) is 11.3 Å². The average Bonchev–Trinajstić information content (AvgIpc) is 2.79. The van der Waals surface area contributed by atoms with Gasteiger partial charge in [-0.2, -0.15) is 5.26 Å². The Morgan fingerprint density at radius 3 is 2.80 bits per heavy atom. The summed E-state index contributed by atoms with van der Waals surface area (Å²) in [7, 11) is 0.